The van der Waals surface area contributed by atoms with Crippen molar-refractivity contribution in [1.82, 2.24) is 4.90 Å². The first kappa shape index (κ1) is 15.6. The van der Waals surface area contributed by atoms with Gasteiger partial charge in [-0.25, -0.2) is 0 Å². The zero-order valence-corrected chi connectivity index (χ0v) is 13.1. The van der Waals surface area contributed by atoms with E-state index in [2.05, 4.69) is 4.90 Å². The molecule has 1 atom stereocenters. The molecule has 1 aromatic carbocycles. The Morgan fingerprint density at radius 3 is 2.48 bits per heavy atom. The third-order valence-electron chi connectivity index (χ3n) is 4.30. The summed E-state index contributed by atoms with van der Waals surface area (Å²) in [6, 6.07) is 3.94. The second-order valence-corrected chi connectivity index (χ2v) is 5.96. The van der Waals surface area contributed by atoms with Crippen molar-refractivity contribution in [1.29, 1.82) is 0 Å². The van der Waals surface area contributed by atoms with Crippen LogP contribution in [0.2, 0.25) is 0 Å². The average molecular weight is 293 g/mol. The first-order valence-corrected chi connectivity index (χ1v) is 7.07. The van der Waals surface area contributed by atoms with Gasteiger partial charge in [-0.05, 0) is 50.1 Å². The number of likely N-dealkylation sites (tertiary alicyclic amines) is 1. The predicted octanol–water partition coefficient (Wildman–Crippen LogP) is 2.31. The van der Waals surface area contributed by atoms with Crippen LogP contribution >= 0.6 is 0 Å². The Labute approximate surface area is 125 Å². The van der Waals surface area contributed by atoms with E-state index < -0.39 is 11.4 Å². The molecule has 0 amide bonds. The molecule has 1 aliphatic rings. The molecule has 1 saturated heterocycles. The van der Waals surface area contributed by atoms with E-state index in [0.717, 1.165) is 30.0 Å². The van der Waals surface area contributed by atoms with Gasteiger partial charge >= 0.3 is 5.97 Å². The van der Waals surface area contributed by atoms with Crippen LogP contribution in [0.5, 0.6) is 11.5 Å². The Balaban J connectivity index is 2.16. The Morgan fingerprint density at radius 2 is 1.95 bits per heavy atom. The molecule has 1 aromatic rings. The van der Waals surface area contributed by atoms with Gasteiger partial charge in [-0.2, -0.15) is 0 Å². The molecule has 116 valence electrons. The smallest absolute Gasteiger partial charge is 0.310 e. The molecule has 0 aromatic heterocycles. The first-order valence-electron chi connectivity index (χ1n) is 7.07. The van der Waals surface area contributed by atoms with Crippen LogP contribution < -0.4 is 9.47 Å². The van der Waals surface area contributed by atoms with Crippen molar-refractivity contribution < 1.29 is 19.4 Å². The van der Waals surface area contributed by atoms with Crippen molar-refractivity contribution in [2.75, 3.05) is 27.3 Å². The van der Waals surface area contributed by atoms with Crippen LogP contribution in [0.4, 0.5) is 0 Å². The normalized spacial score (nSPS) is 22.3. The number of hydrogen-bond donors (Lipinski definition) is 1. The number of aliphatic carboxylic acids is 1. The van der Waals surface area contributed by atoms with Crippen molar-refractivity contribution in [3.63, 3.8) is 0 Å². The number of rotatable bonds is 5. The summed E-state index contributed by atoms with van der Waals surface area (Å²) < 4.78 is 10.6. The number of aryl methyl sites for hydroxylation is 1. The highest BCUT2D eigenvalue weighted by atomic mass is 16.5. The molecule has 0 saturated carbocycles. The van der Waals surface area contributed by atoms with E-state index in [1.165, 1.54) is 0 Å². The van der Waals surface area contributed by atoms with Gasteiger partial charge in [-0.15, -0.1) is 0 Å². The van der Waals surface area contributed by atoms with Gasteiger partial charge in [0.1, 0.15) is 0 Å². The van der Waals surface area contributed by atoms with Crippen LogP contribution in [0.3, 0.4) is 0 Å². The molecule has 0 radical (unpaired) electrons. The molecule has 5 nitrogen and oxygen atoms in total. The molecule has 1 aliphatic heterocycles. The number of carbonyl (C=O) groups is 1. The summed E-state index contributed by atoms with van der Waals surface area (Å²) in [5.74, 6) is 0.711. The van der Waals surface area contributed by atoms with Gasteiger partial charge in [0, 0.05) is 13.1 Å². The Hall–Kier alpha value is -1.75. The maximum absolute atomic E-state index is 11.3. The lowest BCUT2D eigenvalue weighted by Gasteiger charge is -2.21. The van der Waals surface area contributed by atoms with Crippen LogP contribution in [0.15, 0.2) is 12.1 Å². The Kier molecular flexibility index (Phi) is 4.42. The molecule has 1 unspecified atom stereocenters. The summed E-state index contributed by atoms with van der Waals surface area (Å²) >= 11 is 0. The fraction of sp³-hybridized carbons (Fsp3) is 0.562. The highest BCUT2D eigenvalue weighted by Crippen LogP contribution is 2.34. The first-order chi connectivity index (χ1) is 9.89. The number of hydrogen-bond acceptors (Lipinski definition) is 4. The lowest BCUT2D eigenvalue weighted by molar-refractivity contribution is -0.147. The van der Waals surface area contributed by atoms with E-state index in [1.54, 1.807) is 14.2 Å². The largest absolute Gasteiger partial charge is 0.493 e. The quantitative estimate of drug-likeness (QED) is 0.902. The Bertz CT molecular complexity index is 543. The van der Waals surface area contributed by atoms with Crippen molar-refractivity contribution in [2.24, 2.45) is 5.41 Å². The summed E-state index contributed by atoms with van der Waals surface area (Å²) in [5, 5.41) is 9.30. The molecule has 2 rings (SSSR count). The number of ether oxygens (including phenoxy) is 2. The molecule has 0 bridgehead atoms. The number of methoxy groups -OCH3 is 2. The highest BCUT2D eigenvalue weighted by Gasteiger charge is 2.40. The number of nitrogens with zero attached hydrogens (tertiary/aromatic N) is 1. The van der Waals surface area contributed by atoms with E-state index in [-0.39, 0.29) is 0 Å². The highest BCUT2D eigenvalue weighted by molar-refractivity contribution is 5.74. The lowest BCUT2D eigenvalue weighted by atomic mass is 9.90. The zero-order chi connectivity index (χ0) is 15.6. The minimum absolute atomic E-state index is 0.579. The summed E-state index contributed by atoms with van der Waals surface area (Å²) in [4.78, 5) is 13.5. The van der Waals surface area contributed by atoms with Gasteiger partial charge < -0.3 is 14.6 Å². The number of carboxylic acid groups (broad SMARTS) is 1. The van der Waals surface area contributed by atoms with E-state index >= 15 is 0 Å². The fourth-order valence-electron chi connectivity index (χ4n) is 2.80. The molecular formula is C16H23NO4. The average Bonchev–Trinajstić information content (AvgIpc) is 2.83. The molecule has 1 N–H and O–H groups in total. The summed E-state index contributed by atoms with van der Waals surface area (Å²) in [5.41, 5.74) is 1.63. The molecule has 0 aliphatic carbocycles. The van der Waals surface area contributed by atoms with Crippen LogP contribution in [0.1, 0.15) is 24.5 Å². The minimum Gasteiger partial charge on any atom is -0.493 e. The predicted molar refractivity (Wildman–Crippen MR) is 79.9 cm³/mol. The van der Waals surface area contributed by atoms with Crippen molar-refractivity contribution in [3.05, 3.63) is 23.3 Å². The standard InChI is InChI=1S/C16H23NO4/c1-11-7-13(20-3)14(21-4)8-12(11)9-17-6-5-16(2,10-17)15(18)19/h7-8H,5-6,9-10H2,1-4H3,(H,18,19). The van der Waals surface area contributed by atoms with Crippen LogP contribution in [-0.4, -0.2) is 43.3 Å². The molecule has 0 spiro atoms. The van der Waals surface area contributed by atoms with Gasteiger partial charge in [0.15, 0.2) is 11.5 Å². The molecule has 5 heteroatoms. The number of benzene rings is 1. The van der Waals surface area contributed by atoms with Gasteiger partial charge in [0.2, 0.25) is 0 Å². The topological polar surface area (TPSA) is 59.0 Å². The van der Waals surface area contributed by atoms with Crippen molar-refractivity contribution >= 4 is 5.97 Å². The van der Waals surface area contributed by atoms with Crippen LogP contribution in [-0.2, 0) is 11.3 Å². The van der Waals surface area contributed by atoms with Crippen molar-refractivity contribution in [3.8, 4) is 11.5 Å². The summed E-state index contributed by atoms with van der Waals surface area (Å²) in [6.07, 6.45) is 0.689. The van der Waals surface area contributed by atoms with Gasteiger partial charge in [0.25, 0.3) is 0 Å². The molecule has 21 heavy (non-hydrogen) atoms. The molecule has 1 heterocycles. The van der Waals surface area contributed by atoms with Crippen LogP contribution in [0, 0.1) is 12.3 Å². The van der Waals surface area contributed by atoms with Gasteiger partial charge in [-0.3, -0.25) is 9.69 Å². The van der Waals surface area contributed by atoms with Gasteiger partial charge in [-0.1, -0.05) is 0 Å². The second kappa shape index (κ2) is 5.93. The lowest BCUT2D eigenvalue weighted by Crippen LogP contribution is -2.31. The van der Waals surface area contributed by atoms with E-state index in [0.29, 0.717) is 18.7 Å². The third-order valence-corrected chi connectivity index (χ3v) is 4.30. The maximum atomic E-state index is 11.3. The second-order valence-electron chi connectivity index (χ2n) is 5.96. The van der Waals surface area contributed by atoms with Gasteiger partial charge in [0.05, 0.1) is 19.6 Å². The van der Waals surface area contributed by atoms with E-state index in [1.807, 2.05) is 26.0 Å². The maximum Gasteiger partial charge on any atom is 0.310 e. The number of carboxylic acids is 1. The third kappa shape index (κ3) is 3.13. The van der Waals surface area contributed by atoms with Crippen LogP contribution in [0.25, 0.3) is 0 Å². The SMILES string of the molecule is COc1cc(C)c(CN2CCC(C)(C(=O)O)C2)cc1OC. The molecular weight excluding hydrogens is 270 g/mol. The van der Waals surface area contributed by atoms with Crippen molar-refractivity contribution in [2.45, 2.75) is 26.8 Å². The fourth-order valence-corrected chi connectivity index (χ4v) is 2.80. The summed E-state index contributed by atoms with van der Waals surface area (Å²) in [6.45, 7) is 5.96. The monoisotopic (exact) mass is 293 g/mol. The zero-order valence-electron chi connectivity index (χ0n) is 13.1. The Morgan fingerprint density at radius 1 is 1.33 bits per heavy atom. The molecule has 1 fully saturated rings. The minimum atomic E-state index is -0.714. The van der Waals surface area contributed by atoms with E-state index in [4.69, 9.17) is 9.47 Å². The van der Waals surface area contributed by atoms with E-state index in [9.17, 15) is 9.90 Å². The summed E-state index contributed by atoms with van der Waals surface area (Å²) in [7, 11) is 3.24.